The maximum Gasteiger partial charge on any atom is 0.505 e. The first-order valence-electron chi connectivity index (χ1n) is 8.36. The zero-order valence-electron chi connectivity index (χ0n) is 17.9. The van der Waals surface area contributed by atoms with E-state index in [1.54, 1.807) is 0 Å². The molecule has 0 spiro atoms. The summed E-state index contributed by atoms with van der Waals surface area (Å²) in [5, 5.41) is 0. The van der Waals surface area contributed by atoms with E-state index in [4.69, 9.17) is 28.8 Å². The summed E-state index contributed by atoms with van der Waals surface area (Å²) in [6.45, 7) is 0. The van der Waals surface area contributed by atoms with Crippen molar-refractivity contribution in [2.45, 2.75) is 56.3 Å². The molecular weight excluding hydrogens is 787 g/mol. The van der Waals surface area contributed by atoms with Crippen molar-refractivity contribution < 1.29 is 145 Å². The Labute approximate surface area is 235 Å². The molecule has 0 amide bonds. The third kappa shape index (κ3) is 20.8. The third-order valence-electron chi connectivity index (χ3n) is 2.97. The van der Waals surface area contributed by atoms with Gasteiger partial charge in [-0.1, -0.05) is 0 Å². The molecule has 0 heterocycles. The van der Waals surface area contributed by atoms with Gasteiger partial charge in [0.15, 0.2) is 19.3 Å². The Kier molecular flexibility index (Phi) is 17.8. The number of rotatable bonds is 6. The van der Waals surface area contributed by atoms with Gasteiger partial charge in [0.1, 0.15) is 0 Å². The Hall–Kier alpha value is -2.01. The second-order valence-corrected chi connectivity index (χ2v) is 6.20. The first-order chi connectivity index (χ1) is 16.6. The Morgan fingerprint density at radius 3 is 0.400 bits per heavy atom. The molecule has 0 aromatic heterocycles. The van der Waals surface area contributed by atoms with Crippen molar-refractivity contribution in [1.29, 1.82) is 0 Å². The van der Waals surface area contributed by atoms with Crippen molar-refractivity contribution in [1.82, 2.24) is 0 Å². The average molecular weight is 799 g/mol. The largest absolute Gasteiger partial charge is 0.505 e. The molecule has 0 saturated carbocycles. The third-order valence-corrected chi connectivity index (χ3v) is 2.97. The summed E-state index contributed by atoms with van der Waals surface area (Å²) < 4.78 is 206. The summed E-state index contributed by atoms with van der Waals surface area (Å²) >= 11 is 0. The van der Waals surface area contributed by atoms with Crippen LogP contribution in [0.25, 0.3) is 0 Å². The second kappa shape index (κ2) is 15.8. The van der Waals surface area contributed by atoms with E-state index in [0.29, 0.717) is 0 Å². The van der Waals surface area contributed by atoms with Crippen LogP contribution in [0.1, 0.15) is 19.3 Å². The van der Waals surface area contributed by atoms with Crippen LogP contribution in [0.2, 0.25) is 0 Å². The van der Waals surface area contributed by atoms with Gasteiger partial charge in [-0.25, -0.2) is 0 Å². The normalized spacial score (nSPS) is 12.4. The molecule has 0 atom stereocenters. The van der Waals surface area contributed by atoms with Crippen LogP contribution < -0.4 is 0 Å². The molecule has 6 nitrogen and oxygen atoms in total. The molecule has 25 heteroatoms. The second-order valence-electron chi connectivity index (χ2n) is 6.20. The van der Waals surface area contributed by atoms with Gasteiger partial charge in [-0.05, 0) is 0 Å². The zero-order valence-corrected chi connectivity index (χ0v) is 19.7. The van der Waals surface area contributed by atoms with Crippen molar-refractivity contribution in [3.05, 3.63) is 0 Å². The fraction of sp³-hybridized carbons (Fsp3) is 0.600. The van der Waals surface area contributed by atoms with E-state index in [1.165, 1.54) is 0 Å². The van der Waals surface area contributed by atoms with E-state index in [2.05, 4.69) is 0 Å². The zero-order chi connectivity index (χ0) is 32.6. The average Bonchev–Trinajstić information content (AvgIpc) is 2.64. The van der Waals surface area contributed by atoms with Crippen molar-refractivity contribution in [3.8, 4) is 0 Å². The van der Waals surface area contributed by atoms with Gasteiger partial charge in [-0.2, -0.15) is 79.0 Å². The van der Waals surface area contributed by atoms with Crippen LogP contribution in [0, 0.1) is 36.9 Å². The summed E-state index contributed by atoms with van der Waals surface area (Å²) in [6.07, 6.45) is -37.4. The van der Waals surface area contributed by atoms with Crippen LogP contribution in [0.3, 0.4) is 0 Å². The van der Waals surface area contributed by atoms with Crippen LogP contribution in [-0.2, 0) is 0 Å². The Bertz CT molecular complexity index is 726. The first kappa shape index (κ1) is 45.0. The molecule has 0 aromatic rings. The molecule has 0 fully saturated rings. The molecule has 241 valence electrons. The van der Waals surface area contributed by atoms with E-state index < -0.39 is 91.0 Å². The monoisotopic (exact) mass is 799 g/mol. The molecule has 0 aliphatic heterocycles. The Balaban J connectivity index is -0.000000240. The maximum absolute atomic E-state index is 11.4. The number of halogens is 18. The molecule has 0 aromatic carbocycles. The Morgan fingerprint density at radius 2 is 0.350 bits per heavy atom. The predicted molar refractivity (Wildman–Crippen MR) is 91.8 cm³/mol. The molecule has 0 saturated heterocycles. The summed E-state index contributed by atoms with van der Waals surface area (Å²) in [4.78, 5) is 48.2. The van der Waals surface area contributed by atoms with Crippen LogP contribution in [0.15, 0.2) is 0 Å². The van der Waals surface area contributed by atoms with Gasteiger partial charge in [0.25, 0.3) is 0 Å². The van der Waals surface area contributed by atoms with Crippen LogP contribution in [-0.4, -0.2) is 101 Å². The number of hydrogen-bond donors (Lipinski definition) is 0. The summed E-state index contributed by atoms with van der Waals surface area (Å²) in [5.74, 6) is -14.3. The SMILES string of the molecule is [OH+]=C(CC(=[OH+])C(F)(F)F)C(F)(F)F.[OH+]=C(CC(=[OH+])C(F)(F)F)C(F)(F)F.[OH+]=C(CC(=[OH+])C(F)(F)F)C(F)(F)F.[Tm]. The number of alkyl halides is 18. The predicted octanol–water partition coefficient (Wildman–Crippen LogP) is 4.77. The summed E-state index contributed by atoms with van der Waals surface area (Å²) in [6, 6.07) is 0. The van der Waals surface area contributed by atoms with Gasteiger partial charge in [0, 0.05) is 36.9 Å². The number of ketones is 6. The minimum atomic E-state index is -5.25. The van der Waals surface area contributed by atoms with Crippen molar-refractivity contribution in [2.24, 2.45) is 0 Å². The molecule has 0 aliphatic rings. The van der Waals surface area contributed by atoms with Crippen LogP contribution in [0.4, 0.5) is 79.0 Å². The smallest absolute Gasteiger partial charge is 0.273 e. The molecular formula is C15H12F18O6Tm+6. The molecule has 0 rings (SSSR count). The molecule has 0 aliphatic carbocycles. The minimum absolute atomic E-state index is 0. The molecule has 1 radical (unpaired) electrons. The van der Waals surface area contributed by atoms with Gasteiger partial charge in [-0.15, -0.1) is 0 Å². The van der Waals surface area contributed by atoms with Crippen molar-refractivity contribution in [3.63, 3.8) is 0 Å². The van der Waals surface area contributed by atoms with E-state index in [9.17, 15) is 79.0 Å². The van der Waals surface area contributed by atoms with Crippen LogP contribution in [0.5, 0.6) is 0 Å². The van der Waals surface area contributed by atoms with Gasteiger partial charge >= 0.3 is 71.8 Å². The van der Waals surface area contributed by atoms with E-state index in [1.807, 2.05) is 0 Å². The molecule has 40 heavy (non-hydrogen) atoms. The van der Waals surface area contributed by atoms with Crippen molar-refractivity contribution in [2.75, 3.05) is 0 Å². The maximum atomic E-state index is 11.4. The molecule has 6 N–H and O–H groups in total. The van der Waals surface area contributed by atoms with Gasteiger partial charge in [-0.3, -0.25) is 28.8 Å². The van der Waals surface area contributed by atoms with Gasteiger partial charge in [0.2, 0.25) is 0 Å². The molecule has 0 unspecified atom stereocenters. The quantitative estimate of drug-likeness (QED) is 0.209. The standard InChI is InChI=1S/3C5H2F6O2.Tm/c3*6-4(7,8)2(12)1-3(13)5(9,10)11;/h3*1H2;/p+6. The van der Waals surface area contributed by atoms with E-state index >= 15 is 0 Å². The van der Waals surface area contributed by atoms with Crippen molar-refractivity contribution >= 4 is 34.7 Å². The van der Waals surface area contributed by atoms with Gasteiger partial charge in [0.05, 0.1) is 0 Å². The summed E-state index contributed by atoms with van der Waals surface area (Å²) in [5.41, 5.74) is 0. The first-order valence-corrected chi connectivity index (χ1v) is 8.36. The topological polar surface area (TPSA) is 128 Å². The van der Waals surface area contributed by atoms with E-state index in [-0.39, 0.29) is 36.9 Å². The summed E-state index contributed by atoms with van der Waals surface area (Å²) in [7, 11) is 0. The van der Waals surface area contributed by atoms with Gasteiger partial charge < -0.3 is 0 Å². The fourth-order valence-electron chi connectivity index (χ4n) is 1.08. The molecule has 0 bridgehead atoms. The Morgan fingerprint density at radius 1 is 0.275 bits per heavy atom. The fourth-order valence-corrected chi connectivity index (χ4v) is 1.08. The number of hydrogen-bond acceptors (Lipinski definition) is 0. The minimum Gasteiger partial charge on any atom is -0.273 e. The van der Waals surface area contributed by atoms with E-state index in [0.717, 1.165) is 0 Å². The number of carbonyl (C=O) groups excluding carboxylic acids is 6. The van der Waals surface area contributed by atoms with Crippen LogP contribution >= 0.6 is 0 Å².